The molecule has 0 N–H and O–H groups in total. The van der Waals surface area contributed by atoms with Crippen LogP contribution in [-0.2, 0) is 6.42 Å². The van der Waals surface area contributed by atoms with Crippen LogP contribution in [0.15, 0.2) is 34.7 Å². The minimum Gasteiger partial charge on any atom is -0.466 e. The average Bonchev–Trinajstić information content (AvgIpc) is 2.61. The van der Waals surface area contributed by atoms with Gasteiger partial charge in [-0.15, -0.1) is 11.6 Å². The van der Waals surface area contributed by atoms with Crippen molar-refractivity contribution in [2.75, 3.05) is 0 Å². The third-order valence-electron chi connectivity index (χ3n) is 2.95. The maximum atomic E-state index is 6.44. The van der Waals surface area contributed by atoms with E-state index in [-0.39, 0.29) is 5.38 Å². The Morgan fingerprint density at radius 3 is 2.29 bits per heavy atom. The zero-order valence-corrected chi connectivity index (χ0v) is 11.2. The highest BCUT2D eigenvalue weighted by molar-refractivity contribution is 6.21. The number of hydrogen-bond donors (Lipinski definition) is 0. The Hall–Kier alpha value is -1.21. The number of alkyl halides is 1. The summed E-state index contributed by atoms with van der Waals surface area (Å²) in [5.41, 5.74) is 3.63. The summed E-state index contributed by atoms with van der Waals surface area (Å²) in [6.07, 6.45) is 0.835. The molecule has 1 heterocycles. The molecular weight excluding hydrogens is 232 g/mol. The van der Waals surface area contributed by atoms with Crippen LogP contribution in [0.1, 0.15) is 33.6 Å². The fourth-order valence-electron chi connectivity index (χ4n) is 2.00. The molecule has 0 radical (unpaired) electrons. The van der Waals surface area contributed by atoms with Crippen molar-refractivity contribution in [1.82, 2.24) is 0 Å². The average molecular weight is 249 g/mol. The van der Waals surface area contributed by atoms with E-state index in [9.17, 15) is 0 Å². The monoisotopic (exact) mass is 248 g/mol. The van der Waals surface area contributed by atoms with Gasteiger partial charge in [-0.25, -0.2) is 0 Å². The first-order valence-electron chi connectivity index (χ1n) is 5.83. The van der Waals surface area contributed by atoms with Gasteiger partial charge in [0.1, 0.15) is 11.5 Å². The minimum absolute atomic E-state index is 0.0184. The van der Waals surface area contributed by atoms with Gasteiger partial charge in [0, 0.05) is 5.56 Å². The molecule has 2 heteroatoms. The van der Waals surface area contributed by atoms with Crippen molar-refractivity contribution in [2.45, 2.75) is 32.6 Å². The Morgan fingerprint density at radius 1 is 1.12 bits per heavy atom. The van der Waals surface area contributed by atoms with Crippen LogP contribution in [0, 0.1) is 20.8 Å². The summed E-state index contributed by atoms with van der Waals surface area (Å²) in [4.78, 5) is 0. The number of hydrogen-bond acceptors (Lipinski definition) is 1. The predicted octanol–water partition coefficient (Wildman–Crippen LogP) is 4.73. The van der Waals surface area contributed by atoms with Crippen molar-refractivity contribution in [3.63, 3.8) is 0 Å². The van der Waals surface area contributed by atoms with E-state index in [2.05, 4.69) is 31.2 Å². The molecule has 0 saturated heterocycles. The third-order valence-corrected chi connectivity index (χ3v) is 3.34. The van der Waals surface area contributed by atoms with Crippen LogP contribution in [0.2, 0.25) is 0 Å². The van der Waals surface area contributed by atoms with Gasteiger partial charge in [0.05, 0.1) is 5.38 Å². The topological polar surface area (TPSA) is 13.1 Å². The van der Waals surface area contributed by atoms with E-state index in [1.807, 2.05) is 19.9 Å². The summed E-state index contributed by atoms with van der Waals surface area (Å²) in [6.45, 7) is 6.00. The molecule has 1 nitrogen and oxygen atoms in total. The van der Waals surface area contributed by atoms with Crippen molar-refractivity contribution in [2.24, 2.45) is 0 Å². The molecule has 0 spiro atoms. The summed E-state index contributed by atoms with van der Waals surface area (Å²) in [7, 11) is 0. The second kappa shape index (κ2) is 4.97. The molecule has 1 aromatic heterocycles. The molecule has 2 aromatic rings. The molecule has 0 bridgehead atoms. The van der Waals surface area contributed by atoms with Gasteiger partial charge in [0.25, 0.3) is 0 Å². The van der Waals surface area contributed by atoms with Crippen molar-refractivity contribution in [3.05, 3.63) is 58.5 Å². The molecule has 0 amide bonds. The lowest BCUT2D eigenvalue weighted by Crippen LogP contribution is -1.96. The molecule has 0 aliphatic rings. The first-order chi connectivity index (χ1) is 8.06. The summed E-state index contributed by atoms with van der Waals surface area (Å²) in [5, 5.41) is -0.0184. The van der Waals surface area contributed by atoms with Crippen LogP contribution in [0.4, 0.5) is 0 Å². The van der Waals surface area contributed by atoms with E-state index >= 15 is 0 Å². The largest absolute Gasteiger partial charge is 0.466 e. The Morgan fingerprint density at radius 2 is 1.76 bits per heavy atom. The number of rotatable bonds is 3. The van der Waals surface area contributed by atoms with Crippen LogP contribution >= 0.6 is 11.6 Å². The highest BCUT2D eigenvalue weighted by atomic mass is 35.5. The summed E-state index contributed by atoms with van der Waals surface area (Å²) >= 11 is 6.44. The third kappa shape index (κ3) is 2.92. The molecule has 2 rings (SSSR count). The molecule has 90 valence electrons. The van der Waals surface area contributed by atoms with E-state index in [0.29, 0.717) is 0 Å². The predicted molar refractivity (Wildman–Crippen MR) is 71.7 cm³/mol. The maximum Gasteiger partial charge on any atom is 0.105 e. The van der Waals surface area contributed by atoms with Gasteiger partial charge in [0.15, 0.2) is 0 Å². The Bertz CT molecular complexity index is 496. The van der Waals surface area contributed by atoms with E-state index in [0.717, 1.165) is 23.5 Å². The molecule has 0 saturated carbocycles. The molecule has 0 aliphatic carbocycles. The van der Waals surface area contributed by atoms with Crippen LogP contribution < -0.4 is 0 Å². The van der Waals surface area contributed by atoms with E-state index in [4.69, 9.17) is 16.0 Å². The van der Waals surface area contributed by atoms with Gasteiger partial charge in [-0.1, -0.05) is 29.8 Å². The summed E-state index contributed by atoms with van der Waals surface area (Å²) < 4.78 is 5.51. The second-order valence-corrected chi connectivity index (χ2v) is 5.05. The summed E-state index contributed by atoms with van der Waals surface area (Å²) in [5.74, 6) is 1.85. The van der Waals surface area contributed by atoms with Crippen LogP contribution in [-0.4, -0.2) is 0 Å². The van der Waals surface area contributed by atoms with Crippen LogP contribution in [0.3, 0.4) is 0 Å². The lowest BCUT2D eigenvalue weighted by molar-refractivity contribution is 0.500. The van der Waals surface area contributed by atoms with Gasteiger partial charge in [-0.2, -0.15) is 0 Å². The molecule has 17 heavy (non-hydrogen) atoms. The van der Waals surface area contributed by atoms with Gasteiger partial charge in [0.2, 0.25) is 0 Å². The molecule has 1 unspecified atom stereocenters. The highest BCUT2D eigenvalue weighted by Gasteiger charge is 2.15. The second-order valence-electron chi connectivity index (χ2n) is 4.53. The fraction of sp³-hybridized carbons (Fsp3) is 0.333. The molecule has 1 aromatic carbocycles. The maximum absolute atomic E-state index is 6.44. The minimum atomic E-state index is -0.0184. The lowest BCUT2D eigenvalue weighted by Gasteiger charge is -2.08. The smallest absolute Gasteiger partial charge is 0.105 e. The van der Waals surface area contributed by atoms with Crippen molar-refractivity contribution >= 4 is 11.6 Å². The molecular formula is C15H17ClO. The van der Waals surface area contributed by atoms with Crippen LogP contribution in [0.5, 0.6) is 0 Å². The summed E-state index contributed by atoms with van der Waals surface area (Å²) in [6, 6.07) is 10.5. The first-order valence-corrected chi connectivity index (χ1v) is 6.26. The van der Waals surface area contributed by atoms with E-state index in [1.54, 1.807) is 0 Å². The van der Waals surface area contributed by atoms with Crippen molar-refractivity contribution < 1.29 is 4.42 Å². The Balaban J connectivity index is 2.14. The van der Waals surface area contributed by atoms with Gasteiger partial charge in [-0.05, 0) is 38.8 Å². The van der Waals surface area contributed by atoms with E-state index in [1.165, 1.54) is 11.1 Å². The van der Waals surface area contributed by atoms with Gasteiger partial charge >= 0.3 is 0 Å². The van der Waals surface area contributed by atoms with E-state index < -0.39 is 0 Å². The lowest BCUT2D eigenvalue weighted by atomic mass is 10.0. The molecule has 1 atom stereocenters. The van der Waals surface area contributed by atoms with Crippen molar-refractivity contribution in [3.8, 4) is 0 Å². The van der Waals surface area contributed by atoms with Crippen LogP contribution in [0.25, 0.3) is 0 Å². The normalized spacial score (nSPS) is 12.7. The molecule has 0 aliphatic heterocycles. The fourth-order valence-corrected chi connectivity index (χ4v) is 2.40. The zero-order chi connectivity index (χ0) is 12.4. The molecule has 0 fully saturated rings. The van der Waals surface area contributed by atoms with Gasteiger partial charge < -0.3 is 4.42 Å². The first kappa shape index (κ1) is 12.3. The SMILES string of the molecule is Cc1ccc(CC(Cl)c2cc(C)oc2C)cc1. The Kier molecular flexibility index (Phi) is 3.58. The number of halogens is 1. The van der Waals surface area contributed by atoms with Crippen molar-refractivity contribution in [1.29, 1.82) is 0 Å². The number of benzene rings is 1. The quantitative estimate of drug-likeness (QED) is 0.716. The van der Waals surface area contributed by atoms with Gasteiger partial charge in [-0.3, -0.25) is 0 Å². The number of furan rings is 1. The Labute approximate surface area is 107 Å². The zero-order valence-electron chi connectivity index (χ0n) is 10.5. The standard InChI is InChI=1S/C15H17ClO/c1-10-4-6-13(7-5-10)9-15(16)14-8-11(2)17-12(14)3/h4-8,15H,9H2,1-3H3. The highest BCUT2D eigenvalue weighted by Crippen LogP contribution is 2.29. The number of aryl methyl sites for hydroxylation is 3.